The molecule has 0 saturated heterocycles. The normalized spacial score (nSPS) is 12.8. The maximum Gasteiger partial charge on any atom is 0.234 e. The highest BCUT2D eigenvalue weighted by atomic mass is 32.1. The Labute approximate surface area is 182 Å². The quantitative estimate of drug-likeness (QED) is 0.526. The second kappa shape index (κ2) is 10.3. The average molecular weight is 425 g/mol. The van der Waals surface area contributed by atoms with E-state index in [2.05, 4.69) is 53.3 Å². The van der Waals surface area contributed by atoms with E-state index in [1.807, 2.05) is 31.2 Å². The van der Waals surface area contributed by atoms with E-state index >= 15 is 0 Å². The number of hydrogen-bond acceptors (Lipinski definition) is 5. The Balaban J connectivity index is 1.68. The van der Waals surface area contributed by atoms with E-state index in [0.29, 0.717) is 5.75 Å². The highest BCUT2D eigenvalue weighted by molar-refractivity contribution is 7.10. The molecule has 0 radical (unpaired) electrons. The van der Waals surface area contributed by atoms with Crippen LogP contribution in [0.5, 0.6) is 11.5 Å². The van der Waals surface area contributed by atoms with Crippen LogP contribution in [0.3, 0.4) is 0 Å². The van der Waals surface area contributed by atoms with Crippen molar-refractivity contribution in [3.05, 3.63) is 81.5 Å². The number of carbonyl (C=O) groups excluding carboxylic acids is 1. The van der Waals surface area contributed by atoms with Gasteiger partial charge < -0.3 is 14.8 Å². The van der Waals surface area contributed by atoms with Crippen molar-refractivity contribution in [1.29, 1.82) is 0 Å². The second-order valence-electron chi connectivity index (χ2n) is 7.14. The minimum Gasteiger partial charge on any atom is -0.497 e. The van der Waals surface area contributed by atoms with Crippen LogP contribution in [0, 0.1) is 6.92 Å². The number of benzene rings is 2. The summed E-state index contributed by atoms with van der Waals surface area (Å²) in [7, 11) is 3.24. The van der Waals surface area contributed by atoms with Crippen molar-refractivity contribution in [2.75, 3.05) is 20.8 Å². The first-order chi connectivity index (χ1) is 14.5. The van der Waals surface area contributed by atoms with Gasteiger partial charge in [0, 0.05) is 10.4 Å². The lowest BCUT2D eigenvalue weighted by Gasteiger charge is -2.21. The van der Waals surface area contributed by atoms with Gasteiger partial charge in [0.2, 0.25) is 5.91 Å². The van der Waals surface area contributed by atoms with Crippen molar-refractivity contribution < 1.29 is 14.3 Å². The maximum atomic E-state index is 12.7. The van der Waals surface area contributed by atoms with E-state index in [1.54, 1.807) is 25.6 Å². The third kappa shape index (κ3) is 5.40. The van der Waals surface area contributed by atoms with E-state index < -0.39 is 0 Å². The lowest BCUT2D eigenvalue weighted by Crippen LogP contribution is -2.37. The number of thiophene rings is 1. The van der Waals surface area contributed by atoms with Gasteiger partial charge in [-0.1, -0.05) is 35.9 Å². The van der Waals surface area contributed by atoms with Crippen LogP contribution in [0.2, 0.25) is 0 Å². The van der Waals surface area contributed by atoms with Gasteiger partial charge in [-0.3, -0.25) is 10.1 Å². The summed E-state index contributed by atoms with van der Waals surface area (Å²) < 4.78 is 10.7. The Morgan fingerprint density at radius 2 is 1.83 bits per heavy atom. The van der Waals surface area contributed by atoms with E-state index in [9.17, 15) is 4.79 Å². The molecule has 0 aliphatic rings. The fraction of sp³-hybridized carbons (Fsp3) is 0.292. The van der Waals surface area contributed by atoms with Crippen LogP contribution in [0.1, 0.15) is 40.6 Å². The number of hydrogen-bond donors (Lipinski definition) is 2. The smallest absolute Gasteiger partial charge is 0.234 e. The Morgan fingerprint density at radius 3 is 2.47 bits per heavy atom. The van der Waals surface area contributed by atoms with Crippen molar-refractivity contribution in [2.45, 2.75) is 25.9 Å². The second-order valence-corrected chi connectivity index (χ2v) is 8.12. The number of ether oxygens (including phenoxy) is 2. The molecule has 1 amide bonds. The molecule has 0 spiro atoms. The molecule has 3 rings (SSSR count). The summed E-state index contributed by atoms with van der Waals surface area (Å²) in [5.74, 6) is 1.36. The summed E-state index contributed by atoms with van der Waals surface area (Å²) in [6.07, 6.45) is 0. The first-order valence-corrected chi connectivity index (χ1v) is 10.7. The lowest BCUT2D eigenvalue weighted by molar-refractivity contribution is -0.121. The first-order valence-electron chi connectivity index (χ1n) is 9.86. The highest BCUT2D eigenvalue weighted by Gasteiger charge is 2.19. The number of amides is 1. The van der Waals surface area contributed by atoms with E-state index in [1.165, 1.54) is 10.4 Å². The van der Waals surface area contributed by atoms with Gasteiger partial charge in [0.1, 0.15) is 11.5 Å². The fourth-order valence-corrected chi connectivity index (χ4v) is 4.17. The summed E-state index contributed by atoms with van der Waals surface area (Å²) in [6.45, 7) is 4.21. The molecule has 1 aromatic heterocycles. The molecular weight excluding hydrogens is 396 g/mol. The molecule has 30 heavy (non-hydrogen) atoms. The number of nitrogens with one attached hydrogen (secondary N) is 2. The van der Waals surface area contributed by atoms with E-state index in [4.69, 9.17) is 9.47 Å². The molecule has 158 valence electrons. The molecule has 3 aromatic rings. The molecule has 2 aromatic carbocycles. The molecule has 2 N–H and O–H groups in total. The first kappa shape index (κ1) is 21.9. The van der Waals surface area contributed by atoms with Gasteiger partial charge in [0.05, 0.1) is 32.8 Å². The van der Waals surface area contributed by atoms with Crippen LogP contribution in [0.25, 0.3) is 0 Å². The lowest BCUT2D eigenvalue weighted by atomic mass is 10.0. The molecule has 2 atom stereocenters. The molecule has 0 fully saturated rings. The van der Waals surface area contributed by atoms with Crippen molar-refractivity contribution >= 4 is 17.2 Å². The SMILES string of the molecule is COc1ccc(OC)c([C@H](C)NC(=O)CN[C@@H](c2ccc(C)cc2)c2cccs2)c1. The van der Waals surface area contributed by atoms with Crippen LogP contribution in [-0.4, -0.2) is 26.7 Å². The van der Waals surface area contributed by atoms with Crippen LogP contribution in [0.4, 0.5) is 0 Å². The van der Waals surface area contributed by atoms with Crippen LogP contribution in [-0.2, 0) is 4.79 Å². The Morgan fingerprint density at radius 1 is 1.07 bits per heavy atom. The summed E-state index contributed by atoms with van der Waals surface area (Å²) in [6, 6.07) is 17.8. The minimum absolute atomic E-state index is 0.0296. The van der Waals surface area contributed by atoms with Gasteiger partial charge in [-0.2, -0.15) is 0 Å². The predicted octanol–water partition coefficient (Wildman–Crippen LogP) is 4.63. The predicted molar refractivity (Wildman–Crippen MR) is 121 cm³/mol. The molecule has 0 aliphatic heterocycles. The summed E-state index contributed by atoms with van der Waals surface area (Å²) in [5.41, 5.74) is 3.22. The fourth-order valence-electron chi connectivity index (χ4n) is 3.34. The number of methoxy groups -OCH3 is 2. The van der Waals surface area contributed by atoms with Crippen LogP contribution in [0.15, 0.2) is 60.0 Å². The minimum atomic E-state index is -0.219. The largest absolute Gasteiger partial charge is 0.497 e. The van der Waals surface area contributed by atoms with Crippen molar-refractivity contribution in [3.8, 4) is 11.5 Å². The average Bonchev–Trinajstić information content (AvgIpc) is 3.29. The monoisotopic (exact) mass is 424 g/mol. The van der Waals surface area contributed by atoms with Crippen molar-refractivity contribution in [2.24, 2.45) is 0 Å². The third-order valence-electron chi connectivity index (χ3n) is 4.99. The van der Waals surface area contributed by atoms with Gasteiger partial charge in [0.25, 0.3) is 0 Å². The highest BCUT2D eigenvalue weighted by Crippen LogP contribution is 2.29. The topological polar surface area (TPSA) is 59.6 Å². The number of aryl methyl sites for hydroxylation is 1. The van der Waals surface area contributed by atoms with E-state index in [-0.39, 0.29) is 24.5 Å². The van der Waals surface area contributed by atoms with Gasteiger partial charge in [-0.15, -0.1) is 11.3 Å². The Kier molecular flexibility index (Phi) is 7.49. The summed E-state index contributed by atoms with van der Waals surface area (Å²) in [4.78, 5) is 13.9. The molecule has 1 heterocycles. The van der Waals surface area contributed by atoms with Crippen LogP contribution < -0.4 is 20.1 Å². The van der Waals surface area contributed by atoms with Crippen molar-refractivity contribution in [3.63, 3.8) is 0 Å². The molecule has 5 nitrogen and oxygen atoms in total. The van der Waals surface area contributed by atoms with Gasteiger partial charge in [0.15, 0.2) is 0 Å². The van der Waals surface area contributed by atoms with Crippen LogP contribution >= 0.6 is 11.3 Å². The zero-order valence-corrected chi connectivity index (χ0v) is 18.6. The number of carbonyl (C=O) groups is 1. The van der Waals surface area contributed by atoms with Crippen molar-refractivity contribution in [1.82, 2.24) is 10.6 Å². The van der Waals surface area contributed by atoms with Gasteiger partial charge in [-0.25, -0.2) is 0 Å². The molecule has 0 aliphatic carbocycles. The molecular formula is C24H28N2O3S. The van der Waals surface area contributed by atoms with Gasteiger partial charge in [-0.05, 0) is 49.1 Å². The maximum absolute atomic E-state index is 12.7. The molecule has 0 unspecified atom stereocenters. The standard InChI is InChI=1S/C24H28N2O3S/c1-16-7-9-18(10-8-16)24(22-6-5-13-30-22)25-15-23(27)26-17(2)20-14-19(28-3)11-12-21(20)29-4/h5-14,17,24-25H,15H2,1-4H3,(H,26,27)/t17-,24-/m0/s1. The Bertz CT molecular complexity index is 955. The molecule has 0 bridgehead atoms. The summed E-state index contributed by atoms with van der Waals surface area (Å²) >= 11 is 1.68. The third-order valence-corrected chi connectivity index (χ3v) is 5.92. The number of rotatable bonds is 9. The Hall–Kier alpha value is -2.83. The molecule has 0 saturated carbocycles. The zero-order chi connectivity index (χ0) is 21.5. The van der Waals surface area contributed by atoms with Gasteiger partial charge >= 0.3 is 0 Å². The summed E-state index contributed by atoms with van der Waals surface area (Å²) in [5, 5.41) is 8.51. The van der Waals surface area contributed by atoms with E-state index in [0.717, 1.165) is 16.9 Å². The zero-order valence-electron chi connectivity index (χ0n) is 17.8. The molecule has 6 heteroatoms.